The molecule has 0 spiro atoms. The van der Waals surface area contributed by atoms with E-state index < -0.39 is 32.6 Å². The zero-order chi connectivity index (χ0) is 20.2. The maximum atomic E-state index is 12.6. The summed E-state index contributed by atoms with van der Waals surface area (Å²) < 4.78 is 30.1. The Hall–Kier alpha value is -2.20. The SMILES string of the molecule is CC1(C)C2CC[C@]1(C)C(N(OS(=O)(=O)c1ccc([N+](=O)[O-])cc1)C(=O)O)C2. The first kappa shape index (κ1) is 19.6. The predicted molar refractivity (Wildman–Crippen MR) is 94.2 cm³/mol. The number of nitrogens with zero attached hydrogens (tertiary/aromatic N) is 2. The molecule has 3 atom stereocenters. The van der Waals surface area contributed by atoms with Crippen molar-refractivity contribution in [2.75, 3.05) is 0 Å². The summed E-state index contributed by atoms with van der Waals surface area (Å²) >= 11 is 0. The molecule has 1 amide bonds. The van der Waals surface area contributed by atoms with Crippen LogP contribution in [0.3, 0.4) is 0 Å². The number of non-ortho nitro benzene ring substituents is 1. The smallest absolute Gasteiger partial charge is 0.432 e. The van der Waals surface area contributed by atoms with E-state index in [4.69, 9.17) is 4.28 Å². The second kappa shape index (κ2) is 6.16. The maximum absolute atomic E-state index is 12.6. The van der Waals surface area contributed by atoms with Gasteiger partial charge in [-0.3, -0.25) is 10.1 Å². The van der Waals surface area contributed by atoms with Crippen molar-refractivity contribution in [3.8, 4) is 0 Å². The number of hydrogen-bond acceptors (Lipinski definition) is 6. The minimum absolute atomic E-state index is 0.133. The number of amides is 1. The van der Waals surface area contributed by atoms with E-state index in [0.717, 1.165) is 37.1 Å². The standard InChI is InChI=1S/C17H22N2O7S/c1-16(2)11-8-9-17(16,3)14(10-11)18(15(20)21)26-27(24,25)13-6-4-12(5-7-13)19(22)23/h4-7,11,14H,8-10H2,1-3H3,(H,20,21)/t11?,14?,17-/m1/s1. The Labute approximate surface area is 157 Å². The minimum atomic E-state index is -4.44. The summed E-state index contributed by atoms with van der Waals surface area (Å²) in [6.45, 7) is 6.13. The Morgan fingerprint density at radius 2 is 1.89 bits per heavy atom. The summed E-state index contributed by atoms with van der Waals surface area (Å²) in [5, 5.41) is 20.9. The molecule has 0 aromatic heterocycles. The average molecular weight is 398 g/mol. The third kappa shape index (κ3) is 2.96. The molecule has 3 rings (SSSR count). The lowest BCUT2D eigenvalue weighted by atomic mass is 9.69. The Balaban J connectivity index is 1.89. The fraction of sp³-hybridized carbons (Fsp3) is 0.588. The molecule has 0 aliphatic heterocycles. The number of fused-ring (bicyclic) bond motifs is 2. The summed E-state index contributed by atoms with van der Waals surface area (Å²) in [5.74, 6) is 0.292. The predicted octanol–water partition coefficient (Wildman–Crippen LogP) is 3.41. The molecule has 2 unspecified atom stereocenters. The molecule has 0 radical (unpaired) electrons. The number of rotatable bonds is 5. The van der Waals surface area contributed by atoms with Crippen LogP contribution < -0.4 is 0 Å². The zero-order valence-electron chi connectivity index (χ0n) is 15.3. The highest BCUT2D eigenvalue weighted by molar-refractivity contribution is 7.86. The van der Waals surface area contributed by atoms with E-state index in [1.54, 1.807) is 0 Å². The molecule has 2 aliphatic carbocycles. The fourth-order valence-corrected chi connectivity index (χ4v) is 5.55. The van der Waals surface area contributed by atoms with Gasteiger partial charge < -0.3 is 5.11 Å². The van der Waals surface area contributed by atoms with Crippen LogP contribution in [-0.2, 0) is 14.4 Å². The van der Waals surface area contributed by atoms with Crippen LogP contribution in [0.4, 0.5) is 10.5 Å². The van der Waals surface area contributed by atoms with Gasteiger partial charge in [-0.1, -0.05) is 20.8 Å². The molecule has 2 aliphatic rings. The Kier molecular flexibility index (Phi) is 4.47. The summed E-state index contributed by atoms with van der Waals surface area (Å²) in [7, 11) is -4.44. The quantitative estimate of drug-likeness (QED) is 0.594. The topological polar surface area (TPSA) is 127 Å². The fourth-order valence-electron chi connectivity index (χ4n) is 4.62. The van der Waals surface area contributed by atoms with Crippen LogP contribution in [-0.4, -0.2) is 35.6 Å². The molecule has 2 fully saturated rings. The summed E-state index contributed by atoms with van der Waals surface area (Å²) in [6, 6.07) is 3.53. The molecule has 27 heavy (non-hydrogen) atoms. The van der Waals surface area contributed by atoms with Crippen molar-refractivity contribution < 1.29 is 27.5 Å². The van der Waals surface area contributed by atoms with E-state index in [2.05, 4.69) is 13.8 Å². The van der Waals surface area contributed by atoms with E-state index in [-0.39, 0.29) is 16.0 Å². The van der Waals surface area contributed by atoms with Gasteiger partial charge >= 0.3 is 16.2 Å². The minimum Gasteiger partial charge on any atom is -0.463 e. The van der Waals surface area contributed by atoms with Crippen LogP contribution in [0.5, 0.6) is 0 Å². The molecule has 10 heteroatoms. The largest absolute Gasteiger partial charge is 0.463 e. The maximum Gasteiger partial charge on any atom is 0.432 e. The van der Waals surface area contributed by atoms with E-state index in [0.29, 0.717) is 17.4 Å². The van der Waals surface area contributed by atoms with Gasteiger partial charge in [0.2, 0.25) is 0 Å². The van der Waals surface area contributed by atoms with Gasteiger partial charge in [-0.25, -0.2) is 4.79 Å². The van der Waals surface area contributed by atoms with Gasteiger partial charge in [-0.15, -0.1) is 4.28 Å². The van der Waals surface area contributed by atoms with Crippen molar-refractivity contribution in [2.24, 2.45) is 16.7 Å². The first-order valence-electron chi connectivity index (χ1n) is 8.61. The molecule has 1 aromatic carbocycles. The lowest BCUT2D eigenvalue weighted by molar-refractivity contribution is -0.384. The van der Waals surface area contributed by atoms with Crippen molar-refractivity contribution in [1.82, 2.24) is 5.06 Å². The van der Waals surface area contributed by atoms with Gasteiger partial charge in [-0.05, 0) is 48.1 Å². The molecule has 1 aromatic rings. The van der Waals surface area contributed by atoms with Gasteiger partial charge in [0.15, 0.2) is 0 Å². The van der Waals surface area contributed by atoms with Crippen LogP contribution in [0.1, 0.15) is 40.0 Å². The van der Waals surface area contributed by atoms with Crippen molar-refractivity contribution in [1.29, 1.82) is 0 Å². The van der Waals surface area contributed by atoms with Crippen molar-refractivity contribution in [3.05, 3.63) is 34.4 Å². The normalized spacial score (nSPS) is 28.9. The number of hydrogen-bond donors (Lipinski definition) is 1. The first-order valence-corrected chi connectivity index (χ1v) is 10.0. The molecular weight excluding hydrogens is 376 g/mol. The summed E-state index contributed by atoms with van der Waals surface area (Å²) in [5.41, 5.74) is -0.807. The van der Waals surface area contributed by atoms with Crippen LogP contribution >= 0.6 is 0 Å². The Bertz CT molecular complexity index is 881. The third-order valence-corrected chi connectivity index (χ3v) is 7.94. The molecule has 9 nitrogen and oxygen atoms in total. The molecule has 2 saturated carbocycles. The summed E-state index contributed by atoms with van der Waals surface area (Å²) in [6.07, 6.45) is 0.823. The van der Waals surface area contributed by atoms with Crippen LogP contribution in [0.15, 0.2) is 29.2 Å². The number of nitro benzene ring substituents is 1. The van der Waals surface area contributed by atoms with Crippen molar-refractivity contribution >= 4 is 21.9 Å². The number of hydroxylamine groups is 2. The molecule has 1 N–H and O–H groups in total. The van der Waals surface area contributed by atoms with E-state index in [1.807, 2.05) is 6.92 Å². The number of carbonyl (C=O) groups is 1. The van der Waals surface area contributed by atoms with Crippen molar-refractivity contribution in [3.63, 3.8) is 0 Å². The van der Waals surface area contributed by atoms with Crippen LogP contribution in [0.25, 0.3) is 0 Å². The van der Waals surface area contributed by atoms with Gasteiger partial charge in [0.1, 0.15) is 0 Å². The second-order valence-corrected chi connectivity index (χ2v) is 9.54. The molecule has 148 valence electrons. The van der Waals surface area contributed by atoms with E-state index in [9.17, 15) is 28.4 Å². The highest BCUT2D eigenvalue weighted by atomic mass is 32.2. The molecule has 0 heterocycles. The molecule has 2 bridgehead atoms. The number of carboxylic acid groups (broad SMARTS) is 1. The third-order valence-electron chi connectivity index (χ3n) is 6.73. The lowest BCUT2D eigenvalue weighted by Gasteiger charge is -2.41. The van der Waals surface area contributed by atoms with Gasteiger partial charge in [0.05, 0.1) is 15.9 Å². The average Bonchev–Trinajstić information content (AvgIpc) is 2.92. The Morgan fingerprint density at radius 1 is 1.30 bits per heavy atom. The Morgan fingerprint density at radius 3 is 2.30 bits per heavy atom. The summed E-state index contributed by atoms with van der Waals surface area (Å²) in [4.78, 5) is 21.5. The van der Waals surface area contributed by atoms with Gasteiger partial charge in [-0.2, -0.15) is 13.5 Å². The number of nitro groups is 1. The van der Waals surface area contributed by atoms with E-state index in [1.165, 1.54) is 0 Å². The highest BCUT2D eigenvalue weighted by Gasteiger charge is 2.64. The first-order chi connectivity index (χ1) is 12.4. The van der Waals surface area contributed by atoms with Crippen LogP contribution in [0, 0.1) is 26.9 Å². The monoisotopic (exact) mass is 398 g/mol. The zero-order valence-corrected chi connectivity index (χ0v) is 16.1. The van der Waals surface area contributed by atoms with Crippen LogP contribution in [0.2, 0.25) is 0 Å². The van der Waals surface area contributed by atoms with Gasteiger partial charge in [0.25, 0.3) is 5.69 Å². The molecular formula is C17H22N2O7S. The van der Waals surface area contributed by atoms with E-state index >= 15 is 0 Å². The highest BCUT2D eigenvalue weighted by Crippen LogP contribution is 2.66. The second-order valence-electron chi connectivity index (χ2n) is 8.01. The molecule has 0 saturated heterocycles. The number of benzene rings is 1. The lowest BCUT2D eigenvalue weighted by Crippen LogP contribution is -2.50. The van der Waals surface area contributed by atoms with Crippen molar-refractivity contribution in [2.45, 2.75) is 51.0 Å². The van der Waals surface area contributed by atoms with Gasteiger partial charge in [0, 0.05) is 12.1 Å².